The van der Waals surface area contributed by atoms with Gasteiger partial charge in [0, 0.05) is 50.3 Å². The Morgan fingerprint density at radius 1 is 1.00 bits per heavy atom. The lowest BCUT2D eigenvalue weighted by atomic mass is 9.99. The molecule has 1 aromatic rings. The van der Waals surface area contributed by atoms with E-state index in [0.717, 1.165) is 0 Å². The molecular formula is C13H14F6N2. The molecule has 0 aromatic heterocycles. The van der Waals surface area contributed by atoms with Crippen molar-refractivity contribution in [3.63, 3.8) is 0 Å². The lowest BCUT2D eigenvalue weighted by Gasteiger charge is -2.35. The highest BCUT2D eigenvalue weighted by Crippen LogP contribution is 2.33. The molecule has 118 valence electrons. The van der Waals surface area contributed by atoms with E-state index in [-0.39, 0.29) is 19.2 Å². The number of hydrogen-bond acceptors (Lipinski definition) is 2. The molecule has 2 rings (SSSR count). The minimum atomic E-state index is -2.85. The highest BCUT2D eigenvalue weighted by atomic mass is 19.3. The third-order valence-electron chi connectivity index (χ3n) is 3.47. The summed E-state index contributed by atoms with van der Waals surface area (Å²) in [6.45, 7) is 1.41. The second kappa shape index (κ2) is 6.65. The van der Waals surface area contributed by atoms with E-state index in [2.05, 4.69) is 5.32 Å². The van der Waals surface area contributed by atoms with Crippen molar-refractivity contribution in [2.75, 3.05) is 26.2 Å². The van der Waals surface area contributed by atoms with Crippen LogP contribution in [-0.2, 0) is 0 Å². The number of alkyl halides is 2. The van der Waals surface area contributed by atoms with E-state index in [4.69, 9.17) is 0 Å². The van der Waals surface area contributed by atoms with Gasteiger partial charge in [-0.15, -0.1) is 0 Å². The van der Waals surface area contributed by atoms with Gasteiger partial charge in [-0.25, -0.2) is 26.3 Å². The van der Waals surface area contributed by atoms with Crippen molar-refractivity contribution in [2.24, 2.45) is 0 Å². The Hall–Kier alpha value is -1.28. The van der Waals surface area contributed by atoms with Gasteiger partial charge in [-0.05, 0) is 0 Å². The summed E-state index contributed by atoms with van der Waals surface area (Å²) < 4.78 is 79.7. The second-order valence-electron chi connectivity index (χ2n) is 4.81. The Balaban J connectivity index is 2.45. The van der Waals surface area contributed by atoms with Crippen LogP contribution in [0.1, 0.15) is 18.0 Å². The van der Waals surface area contributed by atoms with Gasteiger partial charge in [-0.3, -0.25) is 4.90 Å². The molecule has 0 amide bonds. The molecule has 8 heteroatoms. The van der Waals surface area contributed by atoms with Crippen molar-refractivity contribution < 1.29 is 26.3 Å². The molecule has 1 fully saturated rings. The van der Waals surface area contributed by atoms with Gasteiger partial charge in [0.25, 0.3) is 0 Å². The first kappa shape index (κ1) is 16.1. The van der Waals surface area contributed by atoms with Gasteiger partial charge in [0.05, 0.1) is 0 Å². The summed E-state index contributed by atoms with van der Waals surface area (Å²) >= 11 is 0. The van der Waals surface area contributed by atoms with Gasteiger partial charge < -0.3 is 5.32 Å². The van der Waals surface area contributed by atoms with E-state index in [1.165, 1.54) is 4.90 Å². The monoisotopic (exact) mass is 312 g/mol. The van der Waals surface area contributed by atoms with Gasteiger partial charge in [-0.2, -0.15) is 0 Å². The molecule has 1 aliphatic rings. The first-order chi connectivity index (χ1) is 9.91. The van der Waals surface area contributed by atoms with Crippen LogP contribution in [0.3, 0.4) is 0 Å². The lowest BCUT2D eigenvalue weighted by molar-refractivity contribution is 0.0702. The Bertz CT molecular complexity index is 476. The molecule has 1 aromatic carbocycles. The Morgan fingerprint density at radius 3 is 2.00 bits per heavy atom. The highest BCUT2D eigenvalue weighted by Gasteiger charge is 2.32. The summed E-state index contributed by atoms with van der Waals surface area (Å²) in [6.07, 6.45) is -3.74. The maximum atomic E-state index is 13.8. The fourth-order valence-corrected chi connectivity index (χ4v) is 2.50. The number of hydrogen-bond donors (Lipinski definition) is 1. The maximum Gasteiger partial charge on any atom is 0.240 e. The van der Waals surface area contributed by atoms with E-state index in [0.29, 0.717) is 13.1 Å². The second-order valence-corrected chi connectivity index (χ2v) is 4.81. The summed E-state index contributed by atoms with van der Waals surface area (Å²) in [7, 11) is 0. The summed E-state index contributed by atoms with van der Waals surface area (Å²) in [5.41, 5.74) is -0.963. The standard InChI is InChI=1S/C13H14F6N2/c14-7-5-8(15)13(19)11(12(7)18)9(6-10(16)17)21-3-1-20-2-4-21/h5,9-10,20H,1-4,6H2/t9-/m0/s1. The molecule has 1 saturated heterocycles. The van der Waals surface area contributed by atoms with E-state index < -0.39 is 47.7 Å². The van der Waals surface area contributed by atoms with Crippen LogP contribution >= 0.6 is 0 Å². The van der Waals surface area contributed by atoms with Crippen LogP contribution in [0.4, 0.5) is 26.3 Å². The number of nitrogens with zero attached hydrogens (tertiary/aromatic N) is 1. The number of rotatable bonds is 4. The topological polar surface area (TPSA) is 15.3 Å². The van der Waals surface area contributed by atoms with E-state index in [1.807, 2.05) is 0 Å². The maximum absolute atomic E-state index is 13.8. The molecule has 1 atom stereocenters. The minimum absolute atomic E-state index is 0.0748. The molecule has 0 aliphatic carbocycles. The van der Waals surface area contributed by atoms with Crippen LogP contribution in [0.2, 0.25) is 0 Å². The molecule has 1 aliphatic heterocycles. The largest absolute Gasteiger partial charge is 0.314 e. The van der Waals surface area contributed by atoms with Gasteiger partial charge >= 0.3 is 0 Å². The first-order valence-corrected chi connectivity index (χ1v) is 6.47. The van der Waals surface area contributed by atoms with Gasteiger partial charge in [-0.1, -0.05) is 0 Å². The Labute approximate surface area is 117 Å². The number of halogens is 6. The lowest BCUT2D eigenvalue weighted by Crippen LogP contribution is -2.46. The average molecular weight is 312 g/mol. The minimum Gasteiger partial charge on any atom is -0.314 e. The SMILES string of the molecule is Fc1cc(F)c(F)c([C@H](CC(F)F)N2CCNCC2)c1F. The van der Waals surface area contributed by atoms with Crippen molar-refractivity contribution in [1.82, 2.24) is 10.2 Å². The zero-order valence-electron chi connectivity index (χ0n) is 11.0. The highest BCUT2D eigenvalue weighted by molar-refractivity contribution is 5.26. The van der Waals surface area contributed by atoms with Gasteiger partial charge in [0.15, 0.2) is 23.3 Å². The smallest absolute Gasteiger partial charge is 0.240 e. The van der Waals surface area contributed by atoms with E-state index in [1.54, 1.807) is 0 Å². The Kier molecular flexibility index (Phi) is 5.10. The molecule has 0 radical (unpaired) electrons. The predicted octanol–water partition coefficient (Wildman–Crippen LogP) is 2.84. The quantitative estimate of drug-likeness (QED) is 0.679. The predicted molar refractivity (Wildman–Crippen MR) is 64.1 cm³/mol. The fourth-order valence-electron chi connectivity index (χ4n) is 2.50. The third-order valence-corrected chi connectivity index (χ3v) is 3.47. The molecule has 0 spiro atoms. The molecule has 1 heterocycles. The van der Waals surface area contributed by atoms with Crippen molar-refractivity contribution in [3.05, 3.63) is 34.9 Å². The summed E-state index contributed by atoms with van der Waals surface area (Å²) in [5, 5.41) is 2.96. The zero-order valence-corrected chi connectivity index (χ0v) is 11.0. The van der Waals surface area contributed by atoms with Crippen molar-refractivity contribution in [1.29, 1.82) is 0 Å². The first-order valence-electron chi connectivity index (χ1n) is 6.47. The molecule has 0 unspecified atom stereocenters. The molecular weight excluding hydrogens is 298 g/mol. The van der Waals surface area contributed by atoms with E-state index >= 15 is 0 Å². The normalized spacial score (nSPS) is 18.2. The summed E-state index contributed by atoms with van der Waals surface area (Å²) in [6, 6.07) is -1.33. The van der Waals surface area contributed by atoms with Crippen molar-refractivity contribution in [3.8, 4) is 0 Å². The zero-order chi connectivity index (χ0) is 15.6. The Morgan fingerprint density at radius 2 is 1.52 bits per heavy atom. The summed E-state index contributed by atoms with van der Waals surface area (Å²) in [5.74, 6) is -6.40. The van der Waals surface area contributed by atoms with Crippen LogP contribution < -0.4 is 5.32 Å². The molecule has 21 heavy (non-hydrogen) atoms. The third kappa shape index (κ3) is 3.49. The molecule has 0 saturated carbocycles. The van der Waals surface area contributed by atoms with Gasteiger partial charge in [0.1, 0.15) is 0 Å². The fraction of sp³-hybridized carbons (Fsp3) is 0.538. The van der Waals surface area contributed by atoms with Crippen molar-refractivity contribution >= 4 is 0 Å². The van der Waals surface area contributed by atoms with E-state index in [9.17, 15) is 26.3 Å². The van der Waals surface area contributed by atoms with Crippen LogP contribution in [0.5, 0.6) is 0 Å². The number of piperazine rings is 1. The molecule has 2 nitrogen and oxygen atoms in total. The van der Waals surface area contributed by atoms with Crippen LogP contribution in [-0.4, -0.2) is 37.5 Å². The number of nitrogens with one attached hydrogen (secondary N) is 1. The van der Waals surface area contributed by atoms with Crippen LogP contribution in [0, 0.1) is 23.3 Å². The van der Waals surface area contributed by atoms with Crippen LogP contribution in [0.25, 0.3) is 0 Å². The van der Waals surface area contributed by atoms with Crippen LogP contribution in [0.15, 0.2) is 6.07 Å². The molecule has 1 N–H and O–H groups in total. The average Bonchev–Trinajstić information content (AvgIpc) is 2.45. The number of benzene rings is 1. The van der Waals surface area contributed by atoms with Gasteiger partial charge in [0.2, 0.25) is 6.43 Å². The molecule has 0 bridgehead atoms. The summed E-state index contributed by atoms with van der Waals surface area (Å²) in [4.78, 5) is 1.41. The van der Waals surface area contributed by atoms with Crippen molar-refractivity contribution in [2.45, 2.75) is 18.9 Å².